The van der Waals surface area contributed by atoms with E-state index in [1.165, 1.54) is 0 Å². The molecule has 0 saturated carbocycles. The Kier molecular flexibility index (Phi) is 2.55. The van der Waals surface area contributed by atoms with E-state index in [0.717, 1.165) is 12.6 Å². The van der Waals surface area contributed by atoms with Crippen molar-refractivity contribution in [2.24, 2.45) is 0 Å². The third kappa shape index (κ3) is 1.85. The van der Waals surface area contributed by atoms with Crippen molar-refractivity contribution in [2.75, 3.05) is 6.26 Å². The molecule has 4 nitrogen and oxygen atoms in total. The van der Waals surface area contributed by atoms with E-state index in [1.807, 2.05) is 0 Å². The van der Waals surface area contributed by atoms with E-state index >= 15 is 0 Å². The topological polar surface area (TPSA) is 59.9 Å². The molecule has 0 aliphatic rings. The monoisotopic (exact) mass is 226 g/mol. The van der Waals surface area contributed by atoms with Crippen LogP contribution in [0.15, 0.2) is 11.2 Å². The first-order chi connectivity index (χ1) is 5.43. The molecule has 1 rings (SSSR count). The summed E-state index contributed by atoms with van der Waals surface area (Å²) in [5, 5.41) is -0.310. The second-order valence-corrected chi connectivity index (χ2v) is 4.73. The van der Waals surface area contributed by atoms with Gasteiger partial charge in [-0.1, -0.05) is 23.2 Å². The lowest BCUT2D eigenvalue weighted by Crippen LogP contribution is -2.01. The van der Waals surface area contributed by atoms with E-state index in [2.05, 4.69) is 9.97 Å². The Balaban J connectivity index is 3.53. The Morgan fingerprint density at radius 1 is 1.25 bits per heavy atom. The van der Waals surface area contributed by atoms with E-state index in [4.69, 9.17) is 23.2 Å². The summed E-state index contributed by atoms with van der Waals surface area (Å²) in [6.45, 7) is 0. The fourth-order valence-corrected chi connectivity index (χ4v) is 2.51. The maximum Gasteiger partial charge on any atom is 0.181 e. The van der Waals surface area contributed by atoms with Crippen molar-refractivity contribution in [3.63, 3.8) is 0 Å². The van der Waals surface area contributed by atoms with Crippen LogP contribution in [0.25, 0.3) is 0 Å². The highest BCUT2D eigenvalue weighted by atomic mass is 35.5. The molecule has 0 fully saturated rings. The summed E-state index contributed by atoms with van der Waals surface area (Å²) >= 11 is 11.0. The van der Waals surface area contributed by atoms with Gasteiger partial charge in [-0.05, 0) is 0 Å². The Morgan fingerprint density at radius 3 is 1.92 bits per heavy atom. The molecule has 1 aromatic rings. The van der Waals surface area contributed by atoms with Gasteiger partial charge in [0.05, 0.1) is 0 Å². The van der Waals surface area contributed by atoms with E-state index in [1.54, 1.807) is 0 Å². The van der Waals surface area contributed by atoms with Crippen LogP contribution in [0, 0.1) is 0 Å². The van der Waals surface area contributed by atoms with Crippen molar-refractivity contribution < 1.29 is 8.42 Å². The first-order valence-corrected chi connectivity index (χ1v) is 5.43. The van der Waals surface area contributed by atoms with Gasteiger partial charge in [-0.25, -0.2) is 18.4 Å². The molecule has 0 aromatic carbocycles. The summed E-state index contributed by atoms with van der Waals surface area (Å²) in [5.74, 6) is 0. The number of nitrogens with zero attached hydrogens (tertiary/aromatic N) is 2. The minimum Gasteiger partial charge on any atom is -0.224 e. The van der Waals surface area contributed by atoms with Gasteiger partial charge in [-0.2, -0.15) is 0 Å². The molecule has 66 valence electrons. The maximum atomic E-state index is 11.0. The molecule has 0 saturated heterocycles. The van der Waals surface area contributed by atoms with Crippen molar-refractivity contribution in [1.29, 1.82) is 0 Å². The standard InChI is InChI=1S/C5H4Cl2N2O2S/c1-12(10,11)3-4(6)8-2-9-5(3)7/h2H,1H3. The minimum atomic E-state index is -3.45. The van der Waals surface area contributed by atoms with Gasteiger partial charge in [0.15, 0.2) is 20.1 Å². The Labute approximate surface area is 79.5 Å². The summed E-state index contributed by atoms with van der Waals surface area (Å²) in [7, 11) is -3.45. The predicted molar refractivity (Wildman–Crippen MR) is 45.2 cm³/mol. The second kappa shape index (κ2) is 3.16. The molecule has 0 radical (unpaired) electrons. The molecule has 0 aliphatic carbocycles. The van der Waals surface area contributed by atoms with Crippen LogP contribution < -0.4 is 0 Å². The summed E-state index contributed by atoms with van der Waals surface area (Å²) in [4.78, 5) is 6.77. The van der Waals surface area contributed by atoms with Crippen LogP contribution in [0.1, 0.15) is 0 Å². The molecule has 0 atom stereocenters. The largest absolute Gasteiger partial charge is 0.224 e. The first kappa shape index (κ1) is 9.70. The quantitative estimate of drug-likeness (QED) is 0.676. The molecule has 7 heteroatoms. The van der Waals surface area contributed by atoms with E-state index in [0.29, 0.717) is 0 Å². The van der Waals surface area contributed by atoms with Crippen molar-refractivity contribution in [2.45, 2.75) is 4.90 Å². The number of halogens is 2. The zero-order valence-electron chi connectivity index (χ0n) is 5.95. The highest BCUT2D eigenvalue weighted by Gasteiger charge is 2.18. The highest BCUT2D eigenvalue weighted by Crippen LogP contribution is 2.24. The third-order valence-corrected chi connectivity index (χ3v) is 3.01. The van der Waals surface area contributed by atoms with E-state index < -0.39 is 9.84 Å². The Morgan fingerprint density at radius 2 is 1.67 bits per heavy atom. The SMILES string of the molecule is CS(=O)(=O)c1c(Cl)ncnc1Cl. The van der Waals surface area contributed by atoms with Gasteiger partial charge in [0.2, 0.25) is 0 Å². The molecule has 0 N–H and O–H groups in total. The van der Waals surface area contributed by atoms with Crippen molar-refractivity contribution in [1.82, 2.24) is 9.97 Å². The zero-order valence-corrected chi connectivity index (χ0v) is 8.28. The lowest BCUT2D eigenvalue weighted by Gasteiger charge is -2.00. The van der Waals surface area contributed by atoms with Crippen LogP contribution in [0.3, 0.4) is 0 Å². The number of rotatable bonds is 1. The lowest BCUT2D eigenvalue weighted by atomic mass is 10.7. The van der Waals surface area contributed by atoms with Crippen LogP contribution in [-0.4, -0.2) is 24.6 Å². The number of sulfone groups is 1. The molecular weight excluding hydrogens is 223 g/mol. The number of hydrogen-bond donors (Lipinski definition) is 0. The summed E-state index contributed by atoms with van der Waals surface area (Å²) in [5.41, 5.74) is 0. The molecule has 0 bridgehead atoms. The number of aromatic nitrogens is 2. The molecule has 0 aliphatic heterocycles. The van der Waals surface area contributed by atoms with Gasteiger partial charge in [-0.15, -0.1) is 0 Å². The molecular formula is C5H4Cl2N2O2S. The Bertz CT molecular complexity index is 384. The summed E-state index contributed by atoms with van der Waals surface area (Å²) in [6, 6.07) is 0. The third-order valence-electron chi connectivity index (χ3n) is 1.09. The van der Waals surface area contributed by atoms with Gasteiger partial charge in [0.25, 0.3) is 0 Å². The molecule has 0 amide bonds. The highest BCUT2D eigenvalue weighted by molar-refractivity contribution is 7.91. The van der Waals surface area contributed by atoms with Gasteiger partial charge in [-0.3, -0.25) is 0 Å². The van der Waals surface area contributed by atoms with E-state index in [-0.39, 0.29) is 15.2 Å². The maximum absolute atomic E-state index is 11.0. The molecule has 0 spiro atoms. The van der Waals surface area contributed by atoms with Crippen LogP contribution in [0.5, 0.6) is 0 Å². The smallest absolute Gasteiger partial charge is 0.181 e. The van der Waals surface area contributed by atoms with Gasteiger partial charge >= 0.3 is 0 Å². The molecule has 0 unspecified atom stereocenters. The average molecular weight is 227 g/mol. The van der Waals surface area contributed by atoms with Crippen LogP contribution in [0.2, 0.25) is 10.3 Å². The summed E-state index contributed by atoms with van der Waals surface area (Å²) < 4.78 is 22.1. The second-order valence-electron chi connectivity index (χ2n) is 2.06. The minimum absolute atomic E-state index is 0.155. The predicted octanol–water partition coefficient (Wildman–Crippen LogP) is 1.19. The average Bonchev–Trinajstić information content (AvgIpc) is 1.82. The zero-order chi connectivity index (χ0) is 9.35. The molecule has 12 heavy (non-hydrogen) atoms. The molecule has 1 heterocycles. The van der Waals surface area contributed by atoms with Crippen LogP contribution in [-0.2, 0) is 9.84 Å². The van der Waals surface area contributed by atoms with Crippen molar-refractivity contribution in [3.05, 3.63) is 16.6 Å². The van der Waals surface area contributed by atoms with Gasteiger partial charge in [0, 0.05) is 6.26 Å². The Hall–Kier alpha value is -0.390. The number of hydrogen-bond acceptors (Lipinski definition) is 4. The fraction of sp³-hybridized carbons (Fsp3) is 0.200. The van der Waals surface area contributed by atoms with Gasteiger partial charge in [0.1, 0.15) is 11.2 Å². The first-order valence-electron chi connectivity index (χ1n) is 2.79. The van der Waals surface area contributed by atoms with Gasteiger partial charge < -0.3 is 0 Å². The van der Waals surface area contributed by atoms with Crippen molar-refractivity contribution >= 4 is 33.0 Å². The fourth-order valence-electron chi connectivity index (χ4n) is 0.639. The normalized spacial score (nSPS) is 11.6. The van der Waals surface area contributed by atoms with Crippen molar-refractivity contribution in [3.8, 4) is 0 Å². The van der Waals surface area contributed by atoms with E-state index in [9.17, 15) is 8.42 Å². The molecule has 1 aromatic heterocycles. The lowest BCUT2D eigenvalue weighted by molar-refractivity contribution is 0.601. The summed E-state index contributed by atoms with van der Waals surface area (Å²) in [6.07, 6.45) is 2.09. The van der Waals surface area contributed by atoms with Crippen LogP contribution in [0.4, 0.5) is 0 Å². The van der Waals surface area contributed by atoms with Crippen LogP contribution >= 0.6 is 23.2 Å².